The van der Waals surface area contributed by atoms with Crippen molar-refractivity contribution in [2.24, 2.45) is 16.9 Å². The van der Waals surface area contributed by atoms with Gasteiger partial charge in [0, 0.05) is 38.3 Å². The fourth-order valence-electron chi connectivity index (χ4n) is 3.37. The van der Waals surface area contributed by atoms with E-state index in [0.29, 0.717) is 32.0 Å². The third-order valence-corrected chi connectivity index (χ3v) is 4.85. The minimum Gasteiger partial charge on any atom is -0.389 e. The van der Waals surface area contributed by atoms with Gasteiger partial charge in [0.05, 0.1) is 19.1 Å². The van der Waals surface area contributed by atoms with Crippen molar-refractivity contribution in [1.82, 2.24) is 15.4 Å². The molecule has 25 heavy (non-hydrogen) atoms. The van der Waals surface area contributed by atoms with Crippen molar-refractivity contribution in [3.05, 3.63) is 18.5 Å². The molecule has 2 saturated heterocycles. The fraction of sp³-hybridized carbons (Fsp3) is 0.600. The van der Waals surface area contributed by atoms with Gasteiger partial charge in [-0.05, 0) is 6.07 Å². The summed E-state index contributed by atoms with van der Waals surface area (Å²) >= 11 is 0. The Labute approximate surface area is 144 Å². The molecule has 1 amide bonds. The zero-order valence-corrected chi connectivity index (χ0v) is 13.6. The maximum absolute atomic E-state index is 11.8. The molecule has 10 nitrogen and oxygen atoms in total. The van der Waals surface area contributed by atoms with E-state index in [-0.39, 0.29) is 17.7 Å². The van der Waals surface area contributed by atoms with Crippen LogP contribution in [-0.4, -0.2) is 59.8 Å². The number of aromatic nitrogens is 2. The number of nitrogens with one attached hydrogen (secondary N) is 1. The summed E-state index contributed by atoms with van der Waals surface area (Å²) in [5, 5.41) is 3.82. The van der Waals surface area contributed by atoms with Crippen LogP contribution in [0.15, 0.2) is 23.6 Å². The van der Waals surface area contributed by atoms with Crippen LogP contribution in [0.2, 0.25) is 0 Å². The quantitative estimate of drug-likeness (QED) is 0.404. The highest BCUT2D eigenvalue weighted by atomic mass is 16.7. The van der Waals surface area contributed by atoms with Gasteiger partial charge in [0.25, 0.3) is 5.91 Å². The number of hydrazine groups is 1. The van der Waals surface area contributed by atoms with Gasteiger partial charge in [0.15, 0.2) is 17.6 Å². The Morgan fingerprint density at radius 2 is 1.96 bits per heavy atom. The van der Waals surface area contributed by atoms with E-state index in [9.17, 15) is 4.79 Å². The summed E-state index contributed by atoms with van der Waals surface area (Å²) in [6.45, 7) is 2.07. The van der Waals surface area contributed by atoms with Crippen LogP contribution in [0.5, 0.6) is 0 Å². The van der Waals surface area contributed by atoms with Gasteiger partial charge in [-0.25, -0.2) is 15.8 Å². The number of fused-ring (bicyclic) bond motifs is 1. The molecule has 1 spiro atoms. The van der Waals surface area contributed by atoms with Crippen LogP contribution in [-0.2, 0) is 19.1 Å². The van der Waals surface area contributed by atoms with Crippen molar-refractivity contribution in [3.8, 4) is 0 Å². The van der Waals surface area contributed by atoms with Crippen LogP contribution in [0, 0.1) is 5.92 Å². The summed E-state index contributed by atoms with van der Waals surface area (Å²) < 4.78 is 12.1. The lowest BCUT2D eigenvalue weighted by Crippen LogP contribution is -2.48. The Bertz CT molecular complexity index is 661. The molecular formula is C15H20N6O4. The lowest BCUT2D eigenvalue weighted by atomic mass is 9.98. The average Bonchev–Trinajstić information content (AvgIpc) is 3.00. The van der Waals surface area contributed by atoms with Gasteiger partial charge >= 0.3 is 0 Å². The Hall–Kier alpha value is -2.30. The van der Waals surface area contributed by atoms with Crippen LogP contribution < -0.4 is 16.2 Å². The van der Waals surface area contributed by atoms with Crippen molar-refractivity contribution in [2.75, 3.05) is 31.2 Å². The van der Waals surface area contributed by atoms with Gasteiger partial charge in [0.2, 0.25) is 5.95 Å². The summed E-state index contributed by atoms with van der Waals surface area (Å²) in [6, 6.07) is 1.79. The Morgan fingerprint density at radius 1 is 1.24 bits per heavy atom. The van der Waals surface area contributed by atoms with Crippen molar-refractivity contribution < 1.29 is 19.1 Å². The second-order valence-electron chi connectivity index (χ2n) is 6.27. The first-order valence-electron chi connectivity index (χ1n) is 8.25. The largest absolute Gasteiger partial charge is 0.389 e. The van der Waals surface area contributed by atoms with Gasteiger partial charge in [-0.3, -0.25) is 10.2 Å². The van der Waals surface area contributed by atoms with Gasteiger partial charge < -0.3 is 19.2 Å². The van der Waals surface area contributed by atoms with E-state index in [0.717, 1.165) is 13.1 Å². The predicted octanol–water partition coefficient (Wildman–Crippen LogP) is -0.819. The summed E-state index contributed by atoms with van der Waals surface area (Å²) in [7, 11) is 0. The summed E-state index contributed by atoms with van der Waals surface area (Å²) in [6.07, 6.45) is 4.49. The van der Waals surface area contributed by atoms with E-state index in [1.807, 2.05) is 0 Å². The number of ether oxygens (including phenoxy) is 2. The van der Waals surface area contributed by atoms with E-state index in [1.54, 1.807) is 18.5 Å². The maximum atomic E-state index is 11.8. The molecule has 3 N–H and O–H groups in total. The zero-order chi connectivity index (χ0) is 17.3. The van der Waals surface area contributed by atoms with E-state index < -0.39 is 11.7 Å². The second kappa shape index (κ2) is 6.54. The number of hydrogen-bond donors (Lipinski definition) is 2. The van der Waals surface area contributed by atoms with Crippen LogP contribution >= 0.6 is 0 Å². The van der Waals surface area contributed by atoms with E-state index in [1.165, 1.54) is 0 Å². The first-order chi connectivity index (χ1) is 12.2. The fourth-order valence-corrected chi connectivity index (χ4v) is 3.37. The van der Waals surface area contributed by atoms with Gasteiger partial charge in [-0.15, -0.1) is 0 Å². The number of carbonyl (C=O) groups is 1. The third kappa shape index (κ3) is 3.03. The molecular weight excluding hydrogens is 328 g/mol. The average molecular weight is 348 g/mol. The molecule has 10 heteroatoms. The molecule has 1 aromatic rings. The summed E-state index contributed by atoms with van der Waals surface area (Å²) in [4.78, 5) is 27.8. The Kier molecular flexibility index (Phi) is 4.24. The number of oxime groups is 1. The van der Waals surface area contributed by atoms with Crippen LogP contribution in [0.1, 0.15) is 12.8 Å². The molecule has 134 valence electrons. The molecule has 2 atom stereocenters. The summed E-state index contributed by atoms with van der Waals surface area (Å²) in [5.41, 5.74) is 2.34. The zero-order valence-electron chi connectivity index (χ0n) is 13.6. The number of hydrogen-bond acceptors (Lipinski definition) is 9. The predicted molar refractivity (Wildman–Crippen MR) is 86.2 cm³/mol. The van der Waals surface area contributed by atoms with Crippen molar-refractivity contribution in [2.45, 2.75) is 24.7 Å². The number of nitrogens with zero attached hydrogens (tertiary/aromatic N) is 4. The van der Waals surface area contributed by atoms with E-state index in [4.69, 9.17) is 20.2 Å². The highest BCUT2D eigenvalue weighted by Crippen LogP contribution is 2.35. The Morgan fingerprint density at radius 3 is 2.68 bits per heavy atom. The molecule has 0 aliphatic carbocycles. The first kappa shape index (κ1) is 16.2. The minimum atomic E-state index is -0.677. The highest BCUT2D eigenvalue weighted by molar-refractivity contribution is 6.39. The molecule has 0 aromatic carbocycles. The van der Waals surface area contributed by atoms with Crippen molar-refractivity contribution in [3.63, 3.8) is 0 Å². The number of anilines is 1. The van der Waals surface area contributed by atoms with Crippen molar-refractivity contribution >= 4 is 17.6 Å². The molecule has 0 radical (unpaired) electrons. The number of piperidine rings is 1. The third-order valence-electron chi connectivity index (χ3n) is 4.85. The molecule has 4 heterocycles. The van der Waals surface area contributed by atoms with E-state index in [2.05, 4.69) is 25.4 Å². The standard InChI is InChI=1S/C15H20N6O4/c16-19-13(22)12-10-8-23-15(24-9-11(10)25-20-12)2-6-21(7-3-15)14-17-4-1-5-18-14/h1,4-5,10-11H,2-3,6-9,16H2,(H,19,22)/t10-,11-/m0/s1. The molecule has 2 fully saturated rings. The first-order valence-corrected chi connectivity index (χ1v) is 8.25. The number of nitrogens with two attached hydrogens (primary N) is 1. The minimum absolute atomic E-state index is 0.253. The number of amides is 1. The monoisotopic (exact) mass is 348 g/mol. The molecule has 1 aromatic heterocycles. The van der Waals surface area contributed by atoms with Gasteiger partial charge in [-0.2, -0.15) is 0 Å². The van der Waals surface area contributed by atoms with E-state index >= 15 is 0 Å². The smallest absolute Gasteiger partial charge is 0.283 e. The number of rotatable bonds is 2. The van der Waals surface area contributed by atoms with Gasteiger partial charge in [-0.1, -0.05) is 5.16 Å². The van der Waals surface area contributed by atoms with Crippen LogP contribution in [0.25, 0.3) is 0 Å². The summed E-state index contributed by atoms with van der Waals surface area (Å²) in [5.74, 6) is 4.49. The van der Waals surface area contributed by atoms with Crippen LogP contribution in [0.4, 0.5) is 5.95 Å². The topological polar surface area (TPSA) is 124 Å². The molecule has 4 rings (SSSR count). The van der Waals surface area contributed by atoms with Crippen molar-refractivity contribution in [1.29, 1.82) is 0 Å². The lowest BCUT2D eigenvalue weighted by Gasteiger charge is -2.40. The maximum Gasteiger partial charge on any atom is 0.283 e. The molecule has 0 saturated carbocycles. The molecule has 0 bridgehead atoms. The van der Waals surface area contributed by atoms with Gasteiger partial charge in [0.1, 0.15) is 0 Å². The number of carbonyl (C=O) groups excluding carboxylic acids is 1. The second-order valence-corrected chi connectivity index (χ2v) is 6.27. The normalized spacial score (nSPS) is 27.9. The SMILES string of the molecule is NNC(=O)C1=NO[C@H]2COC3(CCN(c4ncccn4)CC3)OC[C@H]12. The lowest BCUT2D eigenvalue weighted by molar-refractivity contribution is -0.240. The molecule has 3 aliphatic rings. The Balaban J connectivity index is 1.41. The van der Waals surface area contributed by atoms with Crippen LogP contribution in [0.3, 0.4) is 0 Å². The molecule has 3 aliphatic heterocycles. The molecule has 0 unspecified atom stereocenters. The highest BCUT2D eigenvalue weighted by Gasteiger charge is 2.47.